The minimum Gasteiger partial charge on any atom is -0.477 e. The van der Waals surface area contributed by atoms with Crippen LogP contribution in [0.15, 0.2) is 81.3 Å². The number of nitrogens with one attached hydrogen (secondary N) is 1. The summed E-state index contributed by atoms with van der Waals surface area (Å²) in [6.07, 6.45) is 1.28. The average Bonchev–Trinajstić information content (AvgIpc) is 3.11. The Morgan fingerprint density at radius 3 is 2.31 bits per heavy atom. The van der Waals surface area contributed by atoms with Crippen molar-refractivity contribution in [1.82, 2.24) is 5.32 Å². The Labute approximate surface area is 158 Å². The Morgan fingerprint density at radius 1 is 0.962 bits per heavy atom. The van der Waals surface area contributed by atoms with Crippen molar-refractivity contribution < 1.29 is 19.1 Å². The summed E-state index contributed by atoms with van der Waals surface area (Å²) in [7, 11) is 0. The van der Waals surface area contributed by atoms with E-state index in [0.29, 0.717) is 17.1 Å². The van der Waals surface area contributed by atoms with Gasteiger partial charge in [-0.25, -0.2) is 4.79 Å². The monoisotopic (exact) mass is 411 g/mol. The molecule has 0 spiro atoms. The van der Waals surface area contributed by atoms with Gasteiger partial charge in [0.05, 0.1) is 0 Å². The fourth-order valence-corrected chi connectivity index (χ4v) is 2.54. The quantitative estimate of drug-likeness (QED) is 0.602. The summed E-state index contributed by atoms with van der Waals surface area (Å²) in [4.78, 5) is 23.6. The molecule has 1 amide bonds. The molecule has 0 atom stereocenters. The zero-order chi connectivity index (χ0) is 18.5. The molecule has 0 aliphatic rings. The van der Waals surface area contributed by atoms with Crippen LogP contribution in [0, 0.1) is 0 Å². The first kappa shape index (κ1) is 17.7. The molecule has 2 N–H and O–H groups in total. The molecule has 3 rings (SSSR count). The van der Waals surface area contributed by atoms with Crippen LogP contribution in [0.5, 0.6) is 0 Å². The van der Waals surface area contributed by atoms with Crippen molar-refractivity contribution in [3.63, 3.8) is 0 Å². The van der Waals surface area contributed by atoms with Gasteiger partial charge in [-0.15, -0.1) is 0 Å². The largest absolute Gasteiger partial charge is 0.477 e. The predicted octanol–water partition coefficient (Wildman–Crippen LogP) is 4.56. The third kappa shape index (κ3) is 4.29. The van der Waals surface area contributed by atoms with Crippen LogP contribution in [0.3, 0.4) is 0 Å². The lowest BCUT2D eigenvalue weighted by Gasteiger charge is -2.05. The molecule has 1 heterocycles. The minimum atomic E-state index is -1.25. The Morgan fingerprint density at radius 2 is 1.65 bits per heavy atom. The highest BCUT2D eigenvalue weighted by molar-refractivity contribution is 9.10. The molecular formula is C20H14BrNO4. The molecule has 3 aromatic rings. The van der Waals surface area contributed by atoms with Gasteiger partial charge in [-0.2, -0.15) is 0 Å². The number of carbonyl (C=O) groups excluding carboxylic acids is 1. The number of amides is 1. The van der Waals surface area contributed by atoms with Gasteiger partial charge in [-0.05, 0) is 36.4 Å². The Bertz CT molecular complexity index is 959. The van der Waals surface area contributed by atoms with Crippen LogP contribution in [0.25, 0.3) is 17.4 Å². The molecular weight excluding hydrogens is 398 g/mol. The molecule has 0 aliphatic carbocycles. The van der Waals surface area contributed by atoms with Crippen molar-refractivity contribution in [2.24, 2.45) is 0 Å². The minimum absolute atomic E-state index is 0.268. The first-order valence-corrected chi connectivity index (χ1v) is 8.49. The summed E-state index contributed by atoms with van der Waals surface area (Å²) >= 11 is 3.37. The van der Waals surface area contributed by atoms with Gasteiger partial charge in [0.25, 0.3) is 5.91 Å². The van der Waals surface area contributed by atoms with E-state index in [0.717, 1.165) is 10.0 Å². The first-order valence-electron chi connectivity index (χ1n) is 7.70. The Kier molecular flexibility index (Phi) is 5.34. The number of carboxylic acids is 1. The van der Waals surface area contributed by atoms with E-state index in [1.54, 1.807) is 42.5 Å². The van der Waals surface area contributed by atoms with E-state index in [-0.39, 0.29) is 5.70 Å². The van der Waals surface area contributed by atoms with Gasteiger partial charge in [-0.3, -0.25) is 4.79 Å². The maximum Gasteiger partial charge on any atom is 0.352 e. The van der Waals surface area contributed by atoms with E-state index in [4.69, 9.17) is 4.42 Å². The van der Waals surface area contributed by atoms with Crippen molar-refractivity contribution in [3.05, 3.63) is 88.2 Å². The van der Waals surface area contributed by atoms with Gasteiger partial charge in [-0.1, -0.05) is 46.3 Å². The molecule has 0 unspecified atom stereocenters. The fourth-order valence-electron chi connectivity index (χ4n) is 2.28. The molecule has 0 fully saturated rings. The number of furan rings is 1. The van der Waals surface area contributed by atoms with E-state index in [1.807, 2.05) is 24.3 Å². The van der Waals surface area contributed by atoms with Gasteiger partial charge >= 0.3 is 5.97 Å². The zero-order valence-corrected chi connectivity index (χ0v) is 15.1. The van der Waals surface area contributed by atoms with Crippen LogP contribution in [-0.2, 0) is 4.79 Å². The Hall–Kier alpha value is -3.12. The van der Waals surface area contributed by atoms with Crippen LogP contribution in [0.1, 0.15) is 16.1 Å². The molecule has 130 valence electrons. The second kappa shape index (κ2) is 7.84. The smallest absolute Gasteiger partial charge is 0.352 e. The lowest BCUT2D eigenvalue weighted by atomic mass is 10.2. The van der Waals surface area contributed by atoms with Crippen molar-refractivity contribution >= 4 is 33.9 Å². The van der Waals surface area contributed by atoms with Gasteiger partial charge in [0.15, 0.2) is 0 Å². The highest BCUT2D eigenvalue weighted by atomic mass is 79.9. The predicted molar refractivity (Wildman–Crippen MR) is 101 cm³/mol. The molecule has 0 bridgehead atoms. The molecule has 26 heavy (non-hydrogen) atoms. The number of carboxylic acid groups (broad SMARTS) is 1. The van der Waals surface area contributed by atoms with E-state index in [9.17, 15) is 14.7 Å². The molecule has 5 nitrogen and oxygen atoms in total. The van der Waals surface area contributed by atoms with Gasteiger partial charge in [0.2, 0.25) is 0 Å². The number of benzene rings is 2. The summed E-state index contributed by atoms with van der Waals surface area (Å²) in [5.41, 5.74) is 0.961. The maximum atomic E-state index is 12.2. The summed E-state index contributed by atoms with van der Waals surface area (Å²) in [5.74, 6) is -0.827. The number of aliphatic carboxylic acids is 1. The number of carbonyl (C=O) groups is 2. The molecule has 1 aromatic heterocycles. The lowest BCUT2D eigenvalue weighted by Crippen LogP contribution is -2.27. The summed E-state index contributed by atoms with van der Waals surface area (Å²) < 4.78 is 6.62. The molecule has 0 aliphatic heterocycles. The standard InChI is InChI=1S/C20H14BrNO4/c21-15-8-6-13(7-9-15)18-11-10-16(26-18)12-17(20(24)25)22-19(23)14-4-2-1-3-5-14/h1-12H,(H,22,23)(H,24,25). The van der Waals surface area contributed by atoms with E-state index in [1.165, 1.54) is 6.08 Å². The topological polar surface area (TPSA) is 79.5 Å². The van der Waals surface area contributed by atoms with Crippen molar-refractivity contribution in [2.45, 2.75) is 0 Å². The molecule has 0 saturated heterocycles. The van der Waals surface area contributed by atoms with Gasteiger partial charge in [0.1, 0.15) is 17.2 Å². The summed E-state index contributed by atoms with van der Waals surface area (Å²) in [6.45, 7) is 0. The number of rotatable bonds is 5. The highest BCUT2D eigenvalue weighted by Crippen LogP contribution is 2.24. The molecule has 6 heteroatoms. The molecule has 0 saturated carbocycles. The van der Waals surface area contributed by atoms with E-state index in [2.05, 4.69) is 21.2 Å². The van der Waals surface area contributed by atoms with Crippen LogP contribution in [0.4, 0.5) is 0 Å². The van der Waals surface area contributed by atoms with Crippen molar-refractivity contribution in [1.29, 1.82) is 0 Å². The highest BCUT2D eigenvalue weighted by Gasteiger charge is 2.14. The Balaban J connectivity index is 1.82. The molecule has 0 radical (unpaired) electrons. The van der Waals surface area contributed by atoms with Crippen LogP contribution < -0.4 is 5.32 Å². The van der Waals surface area contributed by atoms with Gasteiger partial charge in [0, 0.05) is 21.7 Å². The van der Waals surface area contributed by atoms with Gasteiger partial charge < -0.3 is 14.8 Å². The second-order valence-corrected chi connectivity index (χ2v) is 6.31. The third-order valence-electron chi connectivity index (χ3n) is 3.56. The lowest BCUT2D eigenvalue weighted by molar-refractivity contribution is -0.132. The number of halogens is 1. The number of hydrogen-bond acceptors (Lipinski definition) is 3. The van der Waals surface area contributed by atoms with Crippen molar-refractivity contribution in [2.75, 3.05) is 0 Å². The maximum absolute atomic E-state index is 12.2. The molecule has 2 aromatic carbocycles. The normalized spacial score (nSPS) is 11.2. The summed E-state index contributed by atoms with van der Waals surface area (Å²) in [5, 5.41) is 11.7. The third-order valence-corrected chi connectivity index (χ3v) is 4.09. The van der Waals surface area contributed by atoms with Crippen molar-refractivity contribution in [3.8, 4) is 11.3 Å². The van der Waals surface area contributed by atoms with E-state index < -0.39 is 11.9 Å². The van der Waals surface area contributed by atoms with E-state index >= 15 is 0 Å². The first-order chi connectivity index (χ1) is 12.5. The number of hydrogen-bond donors (Lipinski definition) is 2. The van der Waals surface area contributed by atoms with Crippen LogP contribution in [-0.4, -0.2) is 17.0 Å². The SMILES string of the molecule is O=C(O)C(=Cc1ccc(-c2ccc(Br)cc2)o1)NC(=O)c1ccccc1. The fraction of sp³-hybridized carbons (Fsp3) is 0. The van der Waals surface area contributed by atoms with Crippen LogP contribution in [0.2, 0.25) is 0 Å². The zero-order valence-electron chi connectivity index (χ0n) is 13.5. The second-order valence-electron chi connectivity index (χ2n) is 5.39. The average molecular weight is 412 g/mol. The van der Waals surface area contributed by atoms with Crippen LogP contribution >= 0.6 is 15.9 Å². The summed E-state index contributed by atoms with van der Waals surface area (Å²) in [6, 6.07) is 19.3.